The number of nitrogens with zero attached hydrogens (tertiary/aromatic N) is 6. The molecule has 390 valence electrons. The van der Waals surface area contributed by atoms with Crippen LogP contribution in [-0.2, 0) is 32.0 Å². The van der Waals surface area contributed by atoms with Crippen LogP contribution in [-0.4, -0.2) is 144 Å². The van der Waals surface area contributed by atoms with E-state index in [0.29, 0.717) is 110 Å². The fraction of sp³-hybridized carbons (Fsp3) is 0.426. The largest absolute Gasteiger partial charge is 0.490 e. The summed E-state index contributed by atoms with van der Waals surface area (Å²) in [5.41, 5.74) is 3.51. The molecule has 0 saturated carbocycles. The summed E-state index contributed by atoms with van der Waals surface area (Å²) in [5, 5.41) is 11.9. The van der Waals surface area contributed by atoms with Gasteiger partial charge >= 0.3 is 5.97 Å². The molecule has 7 heterocycles. The van der Waals surface area contributed by atoms with Gasteiger partial charge in [-0.1, -0.05) is 41.4 Å². The standard InChI is InChI=1S/C54H56Cl2F2N6O9S/c1-31-43-32(2)47(56)48(46(31)55)72-39(24-64-18-16-63(3)17-19-64)28-70-38-8-9-41(71-25-37-12-15-59-50(62-37)34-10-13-54(58,14-11-34)29-68-27-40-26-67-20-21-69-40)35(22-38)23-42(53(65)66)73-51-45-44(43)49(74-52(45)61-30-60-51)33-4-6-36(57)7-5-33/h4-10,12,15,22,30,39-40,42H,11,13-14,16-21,23-29H2,1-3H3,(H,65,66). The Morgan fingerprint density at radius 2 is 1.76 bits per heavy atom. The molecule has 0 radical (unpaired) electrons. The predicted molar refractivity (Wildman–Crippen MR) is 277 cm³/mol. The Morgan fingerprint density at radius 3 is 2.49 bits per heavy atom. The minimum atomic E-state index is -1.53. The maximum Gasteiger partial charge on any atom is 0.345 e. The third-order valence-corrected chi connectivity index (χ3v) is 15.9. The molecule has 74 heavy (non-hydrogen) atoms. The second-order valence-corrected chi connectivity index (χ2v) is 20.9. The van der Waals surface area contributed by atoms with Crippen molar-refractivity contribution in [3.05, 3.63) is 111 Å². The highest BCUT2D eigenvalue weighted by atomic mass is 35.5. The van der Waals surface area contributed by atoms with E-state index in [4.69, 9.17) is 61.3 Å². The molecule has 0 amide bonds. The molecule has 6 aromatic rings. The van der Waals surface area contributed by atoms with Gasteiger partial charge in [-0.3, -0.25) is 4.90 Å². The molecule has 5 aliphatic rings. The quantitative estimate of drug-likeness (QED) is 0.123. The second kappa shape index (κ2) is 22.7. The molecular weight excluding hydrogens is 1020 g/mol. The number of benzene rings is 3. The Morgan fingerprint density at radius 1 is 0.959 bits per heavy atom. The SMILES string of the molecule is Cc1c(Cl)c2c(Cl)c(C)c1-c1c(-c3ccc(F)cc3)sc3ncnc(c13)OC(C(=O)O)Cc1cc(ccc1OCc1ccnc(C3=CCC(F)(COCC4COCCO4)CC3)n1)OCC(CN1CCN(C)CC1)O2. The van der Waals surface area contributed by atoms with E-state index in [2.05, 4.69) is 31.8 Å². The molecule has 4 unspecified atom stereocenters. The van der Waals surface area contributed by atoms with Gasteiger partial charge in [0.25, 0.3) is 0 Å². The summed E-state index contributed by atoms with van der Waals surface area (Å²) in [4.78, 5) is 37.7. The van der Waals surface area contributed by atoms with Crippen molar-refractivity contribution in [2.75, 3.05) is 79.4 Å². The number of halogens is 4. The molecule has 3 aromatic heterocycles. The van der Waals surface area contributed by atoms with Gasteiger partial charge in [-0.25, -0.2) is 33.5 Å². The number of ether oxygens (including phenoxy) is 7. The Balaban J connectivity index is 0.982. The first-order chi connectivity index (χ1) is 35.8. The van der Waals surface area contributed by atoms with Crippen LogP contribution < -0.4 is 18.9 Å². The lowest BCUT2D eigenvalue weighted by Gasteiger charge is -2.35. The molecule has 1 aliphatic carbocycles. The molecule has 1 N–H and O–H groups in total. The zero-order valence-electron chi connectivity index (χ0n) is 41.2. The fourth-order valence-corrected chi connectivity index (χ4v) is 11.4. The summed E-state index contributed by atoms with van der Waals surface area (Å²) >= 11 is 16.0. The minimum Gasteiger partial charge on any atom is -0.490 e. The molecule has 2 saturated heterocycles. The molecule has 15 nitrogen and oxygen atoms in total. The van der Waals surface area contributed by atoms with E-state index in [1.807, 2.05) is 19.9 Å². The first-order valence-electron chi connectivity index (χ1n) is 24.6. The maximum absolute atomic E-state index is 15.8. The molecule has 2 fully saturated rings. The number of piperazine rings is 1. The van der Waals surface area contributed by atoms with Crippen molar-refractivity contribution in [1.29, 1.82) is 0 Å². The van der Waals surface area contributed by atoms with Crippen molar-refractivity contribution in [1.82, 2.24) is 29.7 Å². The number of aliphatic carboxylic acids is 1. The number of hydrogen-bond acceptors (Lipinski definition) is 15. The van der Waals surface area contributed by atoms with Crippen LogP contribution in [0, 0.1) is 19.7 Å². The summed E-state index contributed by atoms with van der Waals surface area (Å²) in [6, 6.07) is 13.0. The van der Waals surface area contributed by atoms with Crippen LogP contribution in [0.1, 0.15) is 47.5 Å². The van der Waals surface area contributed by atoms with Gasteiger partial charge < -0.3 is 43.2 Å². The summed E-state index contributed by atoms with van der Waals surface area (Å²) in [7, 11) is 2.09. The Labute approximate surface area is 441 Å². The van der Waals surface area contributed by atoms with E-state index in [-0.39, 0.29) is 67.7 Å². The van der Waals surface area contributed by atoms with Crippen LogP contribution in [0.25, 0.3) is 37.4 Å². The van der Waals surface area contributed by atoms with Gasteiger partial charge in [0.15, 0.2) is 11.6 Å². The topological polar surface area (TPSA) is 160 Å². The number of fused-ring (bicyclic) bond motifs is 7. The average Bonchev–Trinajstić information content (AvgIpc) is 3.79. The van der Waals surface area contributed by atoms with Crippen molar-refractivity contribution in [3.63, 3.8) is 0 Å². The predicted octanol–water partition coefficient (Wildman–Crippen LogP) is 9.63. The highest BCUT2D eigenvalue weighted by molar-refractivity contribution is 7.22. The Bertz CT molecular complexity index is 3020. The van der Waals surface area contributed by atoms with Crippen LogP contribution >= 0.6 is 34.5 Å². The summed E-state index contributed by atoms with van der Waals surface area (Å²) in [5.74, 6) is -0.0951. The van der Waals surface area contributed by atoms with E-state index in [1.54, 1.807) is 42.6 Å². The number of thiophene rings is 1. The first kappa shape index (κ1) is 51.9. The molecule has 20 heteroatoms. The number of carbonyl (C=O) groups is 1. The number of hydrogen-bond donors (Lipinski definition) is 1. The van der Waals surface area contributed by atoms with Gasteiger partial charge in [-0.15, -0.1) is 11.3 Å². The molecular formula is C54H56Cl2F2N6O9S. The van der Waals surface area contributed by atoms with E-state index in [9.17, 15) is 14.3 Å². The van der Waals surface area contributed by atoms with Gasteiger partial charge in [0.2, 0.25) is 12.0 Å². The summed E-state index contributed by atoms with van der Waals surface area (Å²) < 4.78 is 73.4. The van der Waals surface area contributed by atoms with E-state index in [1.165, 1.54) is 29.8 Å². The molecule has 4 bridgehead atoms. The number of rotatable bonds is 12. The third-order valence-electron chi connectivity index (χ3n) is 13.8. The lowest BCUT2D eigenvalue weighted by molar-refractivity contribution is -0.145. The van der Waals surface area contributed by atoms with Crippen molar-refractivity contribution in [2.24, 2.45) is 0 Å². The zero-order chi connectivity index (χ0) is 51.5. The van der Waals surface area contributed by atoms with Crippen molar-refractivity contribution < 1.29 is 51.8 Å². The number of allylic oxidation sites excluding steroid dienone is 2. The van der Waals surface area contributed by atoms with E-state index >= 15 is 4.39 Å². The third kappa shape index (κ3) is 11.6. The average molecular weight is 1070 g/mol. The van der Waals surface area contributed by atoms with Crippen LogP contribution in [0.5, 0.6) is 23.1 Å². The normalized spacial score (nSPS) is 21.8. The molecule has 4 aliphatic heterocycles. The highest BCUT2D eigenvalue weighted by Crippen LogP contribution is 2.53. The first-order valence-corrected chi connectivity index (χ1v) is 26.2. The Kier molecular flexibility index (Phi) is 15.9. The Hall–Kier alpha value is -5.57. The van der Waals surface area contributed by atoms with Gasteiger partial charge in [-0.2, -0.15) is 0 Å². The van der Waals surface area contributed by atoms with Crippen LogP contribution in [0.4, 0.5) is 8.78 Å². The summed E-state index contributed by atoms with van der Waals surface area (Å²) in [6.07, 6.45) is 3.16. The highest BCUT2D eigenvalue weighted by Gasteiger charge is 2.35. The number of carboxylic acids is 1. The summed E-state index contributed by atoms with van der Waals surface area (Å²) in [6.45, 7) is 9.42. The number of carboxylic acid groups (broad SMARTS) is 1. The number of alkyl halides is 1. The molecule has 3 aromatic carbocycles. The zero-order valence-corrected chi connectivity index (χ0v) is 43.5. The lowest BCUT2D eigenvalue weighted by atomic mass is 9.87. The fourth-order valence-electron chi connectivity index (χ4n) is 9.71. The van der Waals surface area contributed by atoms with Crippen molar-refractivity contribution in [2.45, 2.75) is 70.1 Å². The van der Waals surface area contributed by atoms with Crippen LogP contribution in [0.2, 0.25) is 10.0 Å². The molecule has 11 rings (SSSR count). The number of aromatic nitrogens is 4. The maximum atomic E-state index is 15.8. The molecule has 4 atom stereocenters. The molecule has 0 spiro atoms. The van der Waals surface area contributed by atoms with Gasteiger partial charge in [0, 0.05) is 67.8 Å². The van der Waals surface area contributed by atoms with Gasteiger partial charge in [0.05, 0.1) is 54.2 Å². The van der Waals surface area contributed by atoms with Crippen LogP contribution in [0.15, 0.2) is 67.1 Å². The van der Waals surface area contributed by atoms with E-state index in [0.717, 1.165) is 31.8 Å². The second-order valence-electron chi connectivity index (χ2n) is 19.2. The van der Waals surface area contributed by atoms with Crippen molar-refractivity contribution >= 4 is 56.3 Å². The smallest absolute Gasteiger partial charge is 0.345 e. The minimum absolute atomic E-state index is 0.00220. The lowest BCUT2D eigenvalue weighted by Crippen LogP contribution is -2.49. The monoisotopic (exact) mass is 1070 g/mol. The van der Waals surface area contributed by atoms with Gasteiger partial charge in [-0.05, 0) is 98.0 Å². The van der Waals surface area contributed by atoms with E-state index < -0.39 is 29.7 Å². The number of likely N-dealkylation sites (N-methyl/N-ethyl adjacent to an activating group) is 1. The van der Waals surface area contributed by atoms with Crippen LogP contribution in [0.3, 0.4) is 0 Å². The van der Waals surface area contributed by atoms with Crippen molar-refractivity contribution in [3.8, 4) is 44.7 Å². The van der Waals surface area contributed by atoms with Gasteiger partial charge in [0.1, 0.15) is 59.6 Å².